The molecule has 1 amide bonds. The van der Waals surface area contributed by atoms with Gasteiger partial charge in [0.25, 0.3) is 5.91 Å². The molecule has 0 spiro atoms. The molecule has 0 heterocycles. The van der Waals surface area contributed by atoms with Crippen LogP contribution in [0, 0.1) is 11.3 Å². The number of halogens is 2. The van der Waals surface area contributed by atoms with Crippen molar-refractivity contribution in [3.05, 3.63) is 92.4 Å². The fourth-order valence-electron chi connectivity index (χ4n) is 2.81. The van der Waals surface area contributed by atoms with Crippen LogP contribution < -0.4 is 14.8 Å². The van der Waals surface area contributed by atoms with E-state index >= 15 is 0 Å². The van der Waals surface area contributed by atoms with Crippen LogP contribution in [0.2, 0.25) is 0 Å². The van der Waals surface area contributed by atoms with Crippen LogP contribution in [0.4, 0.5) is 5.69 Å². The summed E-state index contributed by atoms with van der Waals surface area (Å²) < 4.78 is 13.2. The van der Waals surface area contributed by atoms with Crippen molar-refractivity contribution in [3.8, 4) is 17.6 Å². The van der Waals surface area contributed by atoms with Crippen molar-refractivity contribution in [2.24, 2.45) is 0 Å². The molecule has 3 rings (SSSR count). The van der Waals surface area contributed by atoms with Crippen LogP contribution in [-0.2, 0) is 11.4 Å². The Morgan fingerprint density at radius 3 is 2.34 bits per heavy atom. The maximum absolute atomic E-state index is 12.7. The van der Waals surface area contributed by atoms with E-state index in [2.05, 4.69) is 37.2 Å². The zero-order valence-corrected chi connectivity index (χ0v) is 20.4. The Labute approximate surface area is 203 Å². The number of carbonyl (C=O) groups is 1. The monoisotopic (exact) mass is 554 g/mol. The van der Waals surface area contributed by atoms with Gasteiger partial charge in [0.2, 0.25) is 0 Å². The van der Waals surface area contributed by atoms with Crippen LogP contribution in [0.25, 0.3) is 6.08 Å². The highest BCUT2D eigenvalue weighted by Crippen LogP contribution is 2.27. The number of hydrogen-bond donors (Lipinski definition) is 1. The fourth-order valence-corrected chi connectivity index (χ4v) is 3.45. The van der Waals surface area contributed by atoms with Crippen molar-refractivity contribution in [1.29, 1.82) is 5.26 Å². The van der Waals surface area contributed by atoms with Crippen molar-refractivity contribution in [2.45, 2.75) is 13.5 Å². The minimum Gasteiger partial charge on any atom is -0.494 e. The van der Waals surface area contributed by atoms with Gasteiger partial charge in [0, 0.05) is 20.2 Å². The maximum atomic E-state index is 12.7. The van der Waals surface area contributed by atoms with E-state index in [0.717, 1.165) is 14.5 Å². The zero-order valence-electron chi connectivity index (χ0n) is 17.3. The standard InChI is InChI=1S/C25H20Br2N2O3/c1-2-31-23-10-8-22(9-11-23)29-25(30)19(15-28)13-18-14-21(27)7-12-24(18)32-16-17-3-5-20(26)6-4-17/h3-14H,2,16H2,1H3,(H,29,30)/b19-13+. The molecule has 32 heavy (non-hydrogen) atoms. The number of nitrogens with one attached hydrogen (secondary N) is 1. The van der Waals surface area contributed by atoms with E-state index in [0.29, 0.717) is 36.0 Å². The molecule has 0 aliphatic rings. The predicted octanol–water partition coefficient (Wildman–Crippen LogP) is 6.73. The first-order chi connectivity index (χ1) is 15.5. The summed E-state index contributed by atoms with van der Waals surface area (Å²) >= 11 is 6.85. The Morgan fingerprint density at radius 1 is 1.00 bits per heavy atom. The first-order valence-electron chi connectivity index (χ1n) is 9.81. The van der Waals surface area contributed by atoms with Gasteiger partial charge in [0.1, 0.15) is 29.7 Å². The summed E-state index contributed by atoms with van der Waals surface area (Å²) in [6.45, 7) is 2.82. The van der Waals surface area contributed by atoms with Gasteiger partial charge in [-0.25, -0.2) is 0 Å². The number of rotatable bonds is 8. The molecule has 0 aliphatic heterocycles. The molecule has 1 N–H and O–H groups in total. The quantitative estimate of drug-likeness (QED) is 0.247. The Balaban J connectivity index is 1.77. The number of amides is 1. The number of benzene rings is 3. The van der Waals surface area contributed by atoms with Crippen molar-refractivity contribution >= 4 is 49.5 Å². The number of ether oxygens (including phenoxy) is 2. The minimum absolute atomic E-state index is 0.0366. The minimum atomic E-state index is -0.504. The Bertz CT molecular complexity index is 1150. The lowest BCUT2D eigenvalue weighted by atomic mass is 10.1. The first kappa shape index (κ1) is 23.6. The lowest BCUT2D eigenvalue weighted by molar-refractivity contribution is -0.112. The highest BCUT2D eigenvalue weighted by atomic mass is 79.9. The van der Waals surface area contributed by atoms with Crippen LogP contribution >= 0.6 is 31.9 Å². The maximum Gasteiger partial charge on any atom is 0.266 e. The summed E-state index contributed by atoms with van der Waals surface area (Å²) in [5, 5.41) is 12.3. The second-order valence-corrected chi connectivity index (χ2v) is 8.51. The molecular weight excluding hydrogens is 536 g/mol. The molecule has 0 unspecified atom stereocenters. The highest BCUT2D eigenvalue weighted by Gasteiger charge is 2.12. The largest absolute Gasteiger partial charge is 0.494 e. The summed E-state index contributed by atoms with van der Waals surface area (Å²) in [6, 6.07) is 22.2. The van der Waals surface area contributed by atoms with Crippen molar-refractivity contribution in [1.82, 2.24) is 0 Å². The first-order valence-corrected chi connectivity index (χ1v) is 11.4. The molecule has 0 aromatic heterocycles. The summed E-state index contributed by atoms with van der Waals surface area (Å²) in [6.07, 6.45) is 1.52. The van der Waals surface area contributed by atoms with Gasteiger partial charge in [-0.3, -0.25) is 4.79 Å². The van der Waals surface area contributed by atoms with Crippen LogP contribution in [0.5, 0.6) is 11.5 Å². The molecule has 0 aliphatic carbocycles. The second kappa shape index (κ2) is 11.5. The molecule has 0 saturated carbocycles. The zero-order chi connectivity index (χ0) is 22.9. The SMILES string of the molecule is CCOc1ccc(NC(=O)/C(C#N)=C/c2cc(Br)ccc2OCc2ccc(Br)cc2)cc1. The molecule has 0 bridgehead atoms. The van der Waals surface area contributed by atoms with E-state index in [1.165, 1.54) is 6.08 Å². The molecule has 3 aromatic carbocycles. The van der Waals surface area contributed by atoms with E-state index in [1.807, 2.05) is 43.3 Å². The summed E-state index contributed by atoms with van der Waals surface area (Å²) in [5.74, 6) is 0.775. The van der Waals surface area contributed by atoms with Gasteiger partial charge in [-0.2, -0.15) is 5.26 Å². The normalized spacial score (nSPS) is 10.9. The number of anilines is 1. The molecule has 0 saturated heterocycles. The van der Waals surface area contributed by atoms with Crippen molar-refractivity contribution in [3.63, 3.8) is 0 Å². The van der Waals surface area contributed by atoms with E-state index in [4.69, 9.17) is 9.47 Å². The third-order valence-corrected chi connectivity index (χ3v) is 5.39. The summed E-state index contributed by atoms with van der Waals surface area (Å²) in [5.41, 5.74) is 2.15. The van der Waals surface area contributed by atoms with Crippen LogP contribution in [0.1, 0.15) is 18.1 Å². The second-order valence-electron chi connectivity index (χ2n) is 6.68. The lowest BCUT2D eigenvalue weighted by Gasteiger charge is -2.11. The Morgan fingerprint density at radius 2 is 1.69 bits per heavy atom. The lowest BCUT2D eigenvalue weighted by Crippen LogP contribution is -2.13. The van der Waals surface area contributed by atoms with E-state index < -0.39 is 5.91 Å². The summed E-state index contributed by atoms with van der Waals surface area (Å²) in [4.78, 5) is 12.7. The third-order valence-electron chi connectivity index (χ3n) is 4.37. The number of nitriles is 1. The third kappa shape index (κ3) is 6.71. The smallest absolute Gasteiger partial charge is 0.266 e. The highest BCUT2D eigenvalue weighted by molar-refractivity contribution is 9.10. The van der Waals surface area contributed by atoms with E-state index in [9.17, 15) is 10.1 Å². The molecule has 7 heteroatoms. The van der Waals surface area contributed by atoms with Crippen LogP contribution in [0.3, 0.4) is 0 Å². The van der Waals surface area contributed by atoms with Crippen molar-refractivity contribution in [2.75, 3.05) is 11.9 Å². The molecule has 0 atom stereocenters. The number of hydrogen-bond acceptors (Lipinski definition) is 4. The average molecular weight is 556 g/mol. The fraction of sp³-hybridized carbons (Fsp3) is 0.120. The molecule has 3 aromatic rings. The Hall–Kier alpha value is -3.08. The summed E-state index contributed by atoms with van der Waals surface area (Å²) in [7, 11) is 0. The molecule has 0 radical (unpaired) electrons. The number of nitrogens with zero attached hydrogens (tertiary/aromatic N) is 1. The van der Waals surface area contributed by atoms with Gasteiger partial charge in [-0.1, -0.05) is 44.0 Å². The topological polar surface area (TPSA) is 71.3 Å². The predicted molar refractivity (Wildman–Crippen MR) is 132 cm³/mol. The van der Waals surface area contributed by atoms with Gasteiger partial charge >= 0.3 is 0 Å². The van der Waals surface area contributed by atoms with Crippen LogP contribution in [-0.4, -0.2) is 12.5 Å². The Kier molecular flexibility index (Phi) is 8.48. The molecular formula is C25H20Br2N2O3. The van der Waals surface area contributed by atoms with E-state index in [1.54, 1.807) is 36.4 Å². The van der Waals surface area contributed by atoms with Gasteiger partial charge < -0.3 is 14.8 Å². The number of carbonyl (C=O) groups excluding carboxylic acids is 1. The van der Waals surface area contributed by atoms with Gasteiger partial charge in [0.05, 0.1) is 6.61 Å². The molecule has 162 valence electrons. The molecule has 0 fully saturated rings. The van der Waals surface area contributed by atoms with Gasteiger partial charge in [0.15, 0.2) is 0 Å². The van der Waals surface area contributed by atoms with Gasteiger partial charge in [-0.15, -0.1) is 0 Å². The van der Waals surface area contributed by atoms with Crippen molar-refractivity contribution < 1.29 is 14.3 Å². The average Bonchev–Trinajstić information content (AvgIpc) is 2.79. The van der Waals surface area contributed by atoms with Gasteiger partial charge in [-0.05, 0) is 73.2 Å². The van der Waals surface area contributed by atoms with E-state index in [-0.39, 0.29) is 5.57 Å². The van der Waals surface area contributed by atoms with Crippen LogP contribution in [0.15, 0.2) is 81.2 Å². The molecule has 5 nitrogen and oxygen atoms in total.